The van der Waals surface area contributed by atoms with Crippen LogP contribution in [0, 0.1) is 0 Å². The topological polar surface area (TPSA) is 61.4 Å². The van der Waals surface area contributed by atoms with E-state index in [9.17, 15) is 9.59 Å². The Bertz CT molecular complexity index is 778. The molecule has 0 spiro atoms. The van der Waals surface area contributed by atoms with Crippen LogP contribution in [0.2, 0.25) is 5.02 Å². The van der Waals surface area contributed by atoms with Crippen molar-refractivity contribution < 1.29 is 9.59 Å². The quantitative estimate of drug-likeness (QED) is 0.897. The van der Waals surface area contributed by atoms with Crippen LogP contribution in [-0.4, -0.2) is 31.4 Å². The highest BCUT2D eigenvalue weighted by atomic mass is 35.5. The lowest BCUT2D eigenvalue weighted by molar-refractivity contribution is -0.117. The second kappa shape index (κ2) is 6.93. The van der Waals surface area contributed by atoms with Crippen molar-refractivity contribution in [1.29, 1.82) is 0 Å². The first-order valence-electron chi connectivity index (χ1n) is 7.75. The van der Waals surface area contributed by atoms with E-state index >= 15 is 0 Å². The van der Waals surface area contributed by atoms with Crippen LogP contribution in [0.25, 0.3) is 0 Å². The summed E-state index contributed by atoms with van der Waals surface area (Å²) in [6, 6.07) is 14.1. The third kappa shape index (κ3) is 3.08. The molecule has 24 heavy (non-hydrogen) atoms. The zero-order valence-electron chi connectivity index (χ0n) is 13.3. The monoisotopic (exact) mass is 343 g/mol. The number of benzene rings is 2. The molecule has 1 saturated heterocycles. The fourth-order valence-electron chi connectivity index (χ4n) is 2.85. The fourth-order valence-corrected chi connectivity index (χ4v) is 3.09. The van der Waals surface area contributed by atoms with Gasteiger partial charge in [0, 0.05) is 19.3 Å². The summed E-state index contributed by atoms with van der Waals surface area (Å²) in [5.74, 6) is -0.235. The van der Waals surface area contributed by atoms with E-state index in [0.717, 1.165) is 0 Å². The molecule has 0 bridgehead atoms. The molecule has 2 aromatic carbocycles. The number of hydrogen-bond acceptors (Lipinski definition) is 3. The molecule has 1 aliphatic heterocycles. The first-order chi connectivity index (χ1) is 11.6. The zero-order chi connectivity index (χ0) is 17.1. The second-order valence-corrected chi connectivity index (χ2v) is 5.96. The van der Waals surface area contributed by atoms with Crippen LogP contribution in [0.5, 0.6) is 0 Å². The van der Waals surface area contributed by atoms with Crippen molar-refractivity contribution in [2.45, 2.75) is 12.5 Å². The number of carbonyl (C=O) groups is 2. The zero-order valence-corrected chi connectivity index (χ0v) is 14.0. The third-order valence-electron chi connectivity index (χ3n) is 4.08. The Hall–Kier alpha value is -2.53. The predicted molar refractivity (Wildman–Crippen MR) is 95.7 cm³/mol. The van der Waals surface area contributed by atoms with Crippen molar-refractivity contribution in [1.82, 2.24) is 5.32 Å². The number of nitrogens with zero attached hydrogens (tertiary/aromatic N) is 1. The van der Waals surface area contributed by atoms with E-state index in [4.69, 9.17) is 11.6 Å². The molecule has 0 aromatic heterocycles. The highest BCUT2D eigenvalue weighted by Gasteiger charge is 2.33. The molecule has 1 atom stereocenters. The number of para-hydroxylation sites is 2. The Morgan fingerprint density at radius 1 is 1.17 bits per heavy atom. The van der Waals surface area contributed by atoms with Gasteiger partial charge in [0.1, 0.15) is 6.04 Å². The molecule has 2 amide bonds. The molecule has 3 rings (SSSR count). The smallest absolute Gasteiger partial charge is 0.253 e. The Balaban J connectivity index is 1.80. The van der Waals surface area contributed by atoms with Crippen molar-refractivity contribution in [3.63, 3.8) is 0 Å². The number of rotatable bonds is 4. The summed E-state index contributed by atoms with van der Waals surface area (Å²) in [5, 5.41) is 6.36. The lowest BCUT2D eigenvalue weighted by Gasteiger charge is -2.19. The van der Waals surface area contributed by atoms with Gasteiger partial charge in [0.15, 0.2) is 0 Å². The summed E-state index contributed by atoms with van der Waals surface area (Å²) < 4.78 is 0. The molecule has 2 aromatic rings. The highest BCUT2D eigenvalue weighted by Crippen LogP contribution is 2.30. The van der Waals surface area contributed by atoms with Crippen LogP contribution in [-0.2, 0) is 4.79 Å². The standard InChI is InChI=1S/C18H18ClN3O2/c1-20-17(23)12-6-2-4-8-14(12)21-15-10-11-22(18(15)24)16-9-5-3-7-13(16)19/h2-9,15,21H,10-11H2,1H3,(H,20,23). The largest absolute Gasteiger partial charge is 0.373 e. The van der Waals surface area contributed by atoms with Gasteiger partial charge in [-0.3, -0.25) is 9.59 Å². The number of carbonyl (C=O) groups excluding carboxylic acids is 2. The summed E-state index contributed by atoms with van der Waals surface area (Å²) >= 11 is 6.20. The van der Waals surface area contributed by atoms with Gasteiger partial charge in [-0.25, -0.2) is 0 Å². The molecule has 0 saturated carbocycles. The minimum absolute atomic E-state index is 0.0465. The van der Waals surface area contributed by atoms with Crippen LogP contribution >= 0.6 is 11.6 Å². The first-order valence-corrected chi connectivity index (χ1v) is 8.13. The van der Waals surface area contributed by atoms with Crippen molar-refractivity contribution in [2.75, 3.05) is 23.8 Å². The molecule has 2 N–H and O–H groups in total. The lowest BCUT2D eigenvalue weighted by Crippen LogP contribution is -2.34. The van der Waals surface area contributed by atoms with E-state index in [1.807, 2.05) is 24.3 Å². The van der Waals surface area contributed by atoms with Gasteiger partial charge >= 0.3 is 0 Å². The van der Waals surface area contributed by atoms with E-state index in [1.54, 1.807) is 36.2 Å². The SMILES string of the molecule is CNC(=O)c1ccccc1NC1CCN(c2ccccc2Cl)C1=O. The summed E-state index contributed by atoms with van der Waals surface area (Å²) in [6.07, 6.45) is 0.645. The van der Waals surface area contributed by atoms with E-state index in [0.29, 0.717) is 34.9 Å². The van der Waals surface area contributed by atoms with Gasteiger partial charge in [-0.15, -0.1) is 0 Å². The molecule has 6 heteroatoms. The Kier molecular flexibility index (Phi) is 4.71. The molecular weight excluding hydrogens is 326 g/mol. The highest BCUT2D eigenvalue weighted by molar-refractivity contribution is 6.34. The molecular formula is C18H18ClN3O2. The molecule has 1 aliphatic rings. The predicted octanol–water partition coefficient (Wildman–Crippen LogP) is 2.92. The average Bonchev–Trinajstić information content (AvgIpc) is 2.96. The maximum Gasteiger partial charge on any atom is 0.253 e. The van der Waals surface area contributed by atoms with Gasteiger partial charge in [-0.1, -0.05) is 35.9 Å². The van der Waals surface area contributed by atoms with E-state index in [1.165, 1.54) is 0 Å². The summed E-state index contributed by atoms with van der Waals surface area (Å²) in [7, 11) is 1.58. The average molecular weight is 344 g/mol. The first kappa shape index (κ1) is 16.3. The van der Waals surface area contributed by atoms with Crippen molar-refractivity contribution in [3.05, 3.63) is 59.1 Å². The summed E-state index contributed by atoms with van der Waals surface area (Å²) in [6.45, 7) is 0.586. The maximum atomic E-state index is 12.7. The minimum Gasteiger partial charge on any atom is -0.373 e. The summed E-state index contributed by atoms with van der Waals surface area (Å²) in [5.41, 5.74) is 1.88. The normalized spacial score (nSPS) is 17.0. The van der Waals surface area contributed by atoms with Gasteiger partial charge in [-0.2, -0.15) is 0 Å². The molecule has 1 unspecified atom stereocenters. The van der Waals surface area contributed by atoms with Crippen LogP contribution in [0.1, 0.15) is 16.8 Å². The lowest BCUT2D eigenvalue weighted by atomic mass is 10.1. The van der Waals surface area contributed by atoms with Gasteiger partial charge < -0.3 is 15.5 Å². The van der Waals surface area contributed by atoms with Crippen LogP contribution < -0.4 is 15.5 Å². The molecule has 5 nitrogen and oxygen atoms in total. The van der Waals surface area contributed by atoms with Crippen LogP contribution in [0.4, 0.5) is 11.4 Å². The number of hydrogen-bond donors (Lipinski definition) is 2. The molecule has 0 aliphatic carbocycles. The fraction of sp³-hybridized carbons (Fsp3) is 0.222. The molecule has 0 radical (unpaired) electrons. The Labute approximate surface area is 145 Å². The van der Waals surface area contributed by atoms with E-state index in [-0.39, 0.29) is 17.9 Å². The second-order valence-electron chi connectivity index (χ2n) is 5.55. The third-order valence-corrected chi connectivity index (χ3v) is 4.40. The molecule has 1 fully saturated rings. The number of nitrogens with one attached hydrogen (secondary N) is 2. The number of anilines is 2. The maximum absolute atomic E-state index is 12.7. The van der Waals surface area contributed by atoms with E-state index in [2.05, 4.69) is 10.6 Å². The van der Waals surface area contributed by atoms with Gasteiger partial charge in [0.25, 0.3) is 5.91 Å². The van der Waals surface area contributed by atoms with Crippen molar-refractivity contribution in [2.24, 2.45) is 0 Å². The Morgan fingerprint density at radius 2 is 1.88 bits per heavy atom. The Morgan fingerprint density at radius 3 is 2.62 bits per heavy atom. The van der Waals surface area contributed by atoms with Gasteiger partial charge in [0.05, 0.1) is 16.3 Å². The van der Waals surface area contributed by atoms with Gasteiger partial charge in [0.2, 0.25) is 5.91 Å². The molecule has 1 heterocycles. The van der Waals surface area contributed by atoms with E-state index < -0.39 is 0 Å². The van der Waals surface area contributed by atoms with Crippen molar-refractivity contribution >= 4 is 34.8 Å². The van der Waals surface area contributed by atoms with Crippen LogP contribution in [0.3, 0.4) is 0 Å². The molecule has 124 valence electrons. The summed E-state index contributed by atoms with van der Waals surface area (Å²) in [4.78, 5) is 26.4. The van der Waals surface area contributed by atoms with Gasteiger partial charge in [-0.05, 0) is 30.7 Å². The number of amides is 2. The van der Waals surface area contributed by atoms with Crippen LogP contribution in [0.15, 0.2) is 48.5 Å². The van der Waals surface area contributed by atoms with Crippen molar-refractivity contribution in [3.8, 4) is 0 Å². The number of halogens is 1. The minimum atomic E-state index is -0.382.